The molecule has 0 amide bonds. The van der Waals surface area contributed by atoms with Crippen LogP contribution in [0.3, 0.4) is 0 Å². The summed E-state index contributed by atoms with van der Waals surface area (Å²) in [5, 5.41) is 0. The minimum atomic E-state index is -1.46. The fraction of sp³-hybridized carbons (Fsp3) is 1.00. The van der Waals surface area contributed by atoms with Gasteiger partial charge in [0.1, 0.15) is 0 Å². The van der Waals surface area contributed by atoms with Gasteiger partial charge in [-0.05, 0) is 57.9 Å². The fourth-order valence-corrected chi connectivity index (χ4v) is 8.11. The van der Waals surface area contributed by atoms with Crippen molar-refractivity contribution < 1.29 is 0 Å². The third-order valence-corrected chi connectivity index (χ3v) is 8.85. The molecule has 0 spiro atoms. The molecule has 0 radical (unpaired) electrons. The van der Waals surface area contributed by atoms with E-state index in [2.05, 4.69) is 71.5 Å². The van der Waals surface area contributed by atoms with E-state index in [0.29, 0.717) is 0 Å². The van der Waals surface area contributed by atoms with Gasteiger partial charge in [-0.1, -0.05) is 27.7 Å². The van der Waals surface area contributed by atoms with E-state index in [9.17, 15) is 0 Å². The molecule has 110 valence electrons. The molecule has 0 atom stereocenters. The summed E-state index contributed by atoms with van der Waals surface area (Å²) in [6, 6.07) is 0. The molecule has 18 heavy (non-hydrogen) atoms. The van der Waals surface area contributed by atoms with Gasteiger partial charge in [0.05, 0.1) is 0 Å². The highest BCUT2D eigenvalue weighted by Crippen LogP contribution is 2.45. The van der Waals surface area contributed by atoms with E-state index in [1.807, 2.05) is 0 Å². The molecule has 0 fully saturated rings. The van der Waals surface area contributed by atoms with E-state index in [0.717, 1.165) is 11.3 Å². The maximum absolute atomic E-state index is 3.80. The molecule has 0 unspecified atom stereocenters. The van der Waals surface area contributed by atoms with Crippen molar-refractivity contribution in [2.45, 2.75) is 78.4 Å². The zero-order chi connectivity index (χ0) is 14.6. The van der Waals surface area contributed by atoms with Crippen molar-refractivity contribution in [2.75, 3.05) is 12.7 Å². The quantitative estimate of drug-likeness (QED) is 0.548. The predicted molar refractivity (Wildman–Crippen MR) is 90.4 cm³/mol. The highest BCUT2D eigenvalue weighted by molar-refractivity contribution is 7.59. The Bertz CT molecular complexity index is 226. The van der Waals surface area contributed by atoms with Crippen LogP contribution in [0.2, 0.25) is 13.1 Å². The van der Waals surface area contributed by atoms with Crippen molar-refractivity contribution >= 4 is 16.3 Å². The van der Waals surface area contributed by atoms with Gasteiger partial charge in [-0.15, -0.1) is 7.92 Å². The van der Waals surface area contributed by atoms with Crippen LogP contribution in [0.5, 0.6) is 0 Å². The first-order chi connectivity index (χ1) is 7.94. The van der Waals surface area contributed by atoms with Gasteiger partial charge in [0.25, 0.3) is 0 Å². The highest BCUT2D eigenvalue weighted by Gasteiger charge is 2.26. The molecule has 0 bridgehead atoms. The molecule has 2 N–H and O–H groups in total. The van der Waals surface area contributed by atoms with Crippen LogP contribution in [0.1, 0.15) is 48.5 Å². The lowest BCUT2D eigenvalue weighted by Gasteiger charge is -2.35. The lowest BCUT2D eigenvalue weighted by molar-refractivity contribution is 0.506. The predicted octanol–water partition coefficient (Wildman–Crippen LogP) is 3.96. The van der Waals surface area contributed by atoms with Crippen LogP contribution in [0.15, 0.2) is 0 Å². The summed E-state index contributed by atoms with van der Waals surface area (Å²) in [6.07, 6.45) is 1.35. The van der Waals surface area contributed by atoms with Crippen molar-refractivity contribution in [3.05, 3.63) is 0 Å². The van der Waals surface area contributed by atoms with Crippen LogP contribution in [0.25, 0.3) is 0 Å². The summed E-state index contributed by atoms with van der Waals surface area (Å²) < 4.78 is 0. The largest absolute Gasteiger partial charge is 0.325 e. The Hall–Kier alpha value is 0.567. The van der Waals surface area contributed by atoms with Crippen LogP contribution in [0.4, 0.5) is 0 Å². The summed E-state index contributed by atoms with van der Waals surface area (Å²) in [4.78, 5) is 7.56. The Morgan fingerprint density at radius 1 is 1.00 bits per heavy atom. The van der Waals surface area contributed by atoms with Crippen LogP contribution >= 0.6 is 7.92 Å². The Balaban J connectivity index is 4.16. The van der Waals surface area contributed by atoms with Gasteiger partial charge in [-0.3, -0.25) is 0 Å². The topological polar surface area (TPSA) is 24.1 Å². The zero-order valence-corrected chi connectivity index (χ0v) is 15.9. The van der Waals surface area contributed by atoms with Gasteiger partial charge < -0.3 is 9.96 Å². The Morgan fingerprint density at radius 2 is 1.44 bits per heavy atom. The number of nitrogens with one attached hydrogen (secondary N) is 2. The lowest BCUT2D eigenvalue weighted by Crippen LogP contribution is -2.63. The summed E-state index contributed by atoms with van der Waals surface area (Å²) in [5.41, 5.74) is 1.91. The van der Waals surface area contributed by atoms with E-state index in [1.165, 1.54) is 12.7 Å². The molecule has 0 saturated carbocycles. The lowest BCUT2D eigenvalue weighted by atomic mass is 10.1. The van der Waals surface area contributed by atoms with Crippen molar-refractivity contribution in [1.82, 2.24) is 9.96 Å². The second-order valence-corrected chi connectivity index (χ2v) is 14.7. The van der Waals surface area contributed by atoms with Crippen LogP contribution in [-0.2, 0) is 0 Å². The molecular weight excluding hydrogens is 255 g/mol. The summed E-state index contributed by atoms with van der Waals surface area (Å²) >= 11 is 0. The fourth-order valence-electron chi connectivity index (χ4n) is 2.59. The van der Waals surface area contributed by atoms with Gasteiger partial charge >= 0.3 is 0 Å². The Labute approximate surface area is 118 Å². The van der Waals surface area contributed by atoms with Crippen LogP contribution in [0, 0.1) is 0 Å². The zero-order valence-electron chi connectivity index (χ0n) is 14.0. The summed E-state index contributed by atoms with van der Waals surface area (Å²) in [5.74, 6) is 0. The summed E-state index contributed by atoms with van der Waals surface area (Å²) in [7, 11) is -1.30. The highest BCUT2D eigenvalue weighted by atomic mass is 31.1. The number of hydrogen-bond donors (Lipinski definition) is 2. The third-order valence-electron chi connectivity index (χ3n) is 2.95. The molecular formula is C14H35N2PSi. The average molecular weight is 291 g/mol. The first-order valence-corrected chi connectivity index (χ1v) is 11.9. The molecule has 0 saturated heterocycles. The van der Waals surface area contributed by atoms with Gasteiger partial charge in [-0.25, -0.2) is 0 Å². The molecule has 2 nitrogen and oxygen atoms in total. The molecule has 0 aromatic carbocycles. The van der Waals surface area contributed by atoms with E-state index in [4.69, 9.17) is 0 Å². The average Bonchev–Trinajstić information content (AvgIpc) is 2.06. The molecule has 0 heterocycles. The monoisotopic (exact) mass is 290 g/mol. The standard InChI is InChI=1S/C14H35N2PSi/c1-12(2)17(13(3)4)11-10-15-18(8,9)16-14(5,6)7/h12-13,15-16H,10-11H2,1-9H3. The van der Waals surface area contributed by atoms with Crippen LogP contribution in [-0.4, -0.2) is 38.0 Å². The van der Waals surface area contributed by atoms with Gasteiger partial charge in [0, 0.05) is 5.54 Å². The first-order valence-electron chi connectivity index (χ1n) is 7.25. The molecule has 0 aromatic heterocycles. The normalized spacial score (nSPS) is 14.0. The Morgan fingerprint density at radius 3 is 1.78 bits per heavy atom. The SMILES string of the molecule is CC(C)P(CCN[Si](C)(C)NC(C)(C)C)C(C)C. The number of hydrogen-bond acceptors (Lipinski definition) is 2. The molecule has 0 aliphatic rings. The molecule has 0 rings (SSSR count). The minimum absolute atomic E-state index is 0.167. The minimum Gasteiger partial charge on any atom is -0.325 e. The molecule has 4 heteroatoms. The first kappa shape index (κ1) is 18.6. The smallest absolute Gasteiger partial charge is 0.195 e. The maximum Gasteiger partial charge on any atom is 0.195 e. The Kier molecular flexibility index (Phi) is 7.61. The van der Waals surface area contributed by atoms with Crippen molar-refractivity contribution in [3.8, 4) is 0 Å². The summed E-state index contributed by atoms with van der Waals surface area (Å²) in [6.45, 7) is 22.2. The van der Waals surface area contributed by atoms with Crippen LogP contribution < -0.4 is 9.96 Å². The van der Waals surface area contributed by atoms with Crippen molar-refractivity contribution in [3.63, 3.8) is 0 Å². The van der Waals surface area contributed by atoms with Gasteiger partial charge in [0.15, 0.2) is 8.40 Å². The third kappa shape index (κ3) is 8.63. The van der Waals surface area contributed by atoms with E-state index >= 15 is 0 Å². The molecule has 0 aliphatic carbocycles. The van der Waals surface area contributed by atoms with Crippen molar-refractivity contribution in [1.29, 1.82) is 0 Å². The molecule has 0 aromatic rings. The van der Waals surface area contributed by atoms with E-state index in [-0.39, 0.29) is 13.5 Å². The maximum atomic E-state index is 3.80. The number of rotatable bonds is 7. The van der Waals surface area contributed by atoms with E-state index < -0.39 is 8.40 Å². The van der Waals surface area contributed by atoms with Crippen molar-refractivity contribution in [2.24, 2.45) is 0 Å². The molecule has 0 aliphatic heterocycles. The van der Waals surface area contributed by atoms with Gasteiger partial charge in [0.2, 0.25) is 0 Å². The second kappa shape index (κ2) is 7.38. The van der Waals surface area contributed by atoms with E-state index in [1.54, 1.807) is 0 Å². The van der Waals surface area contributed by atoms with Gasteiger partial charge in [-0.2, -0.15) is 0 Å². The second-order valence-electron chi connectivity index (χ2n) is 7.35.